The number of rotatable bonds is 9. The number of unbranched alkanes of at least 4 members (excludes halogenated alkanes) is 4. The van der Waals surface area contributed by atoms with Crippen LogP contribution in [0.25, 0.3) is 0 Å². The van der Waals surface area contributed by atoms with Crippen LogP contribution in [0.1, 0.15) is 52.4 Å². The lowest BCUT2D eigenvalue weighted by atomic mass is 10.2. The number of hydrogen-bond acceptors (Lipinski definition) is 3. The van der Waals surface area contributed by atoms with Crippen molar-refractivity contribution in [3.05, 3.63) is 0 Å². The quantitative estimate of drug-likeness (QED) is 0.583. The van der Waals surface area contributed by atoms with E-state index in [4.69, 9.17) is 4.74 Å². The normalized spacial score (nSPS) is 15.7. The van der Waals surface area contributed by atoms with Gasteiger partial charge in [-0.25, -0.2) is 14.8 Å². The molecule has 0 bridgehead atoms. The van der Waals surface area contributed by atoms with Gasteiger partial charge in [0.1, 0.15) is 6.61 Å². The van der Waals surface area contributed by atoms with Crippen molar-refractivity contribution in [3.8, 4) is 0 Å². The van der Waals surface area contributed by atoms with Gasteiger partial charge < -0.3 is 4.74 Å². The minimum Gasteiger partial charge on any atom is -0.447 e. The van der Waals surface area contributed by atoms with Crippen LogP contribution in [0.3, 0.4) is 0 Å². The lowest BCUT2D eigenvalue weighted by Crippen LogP contribution is -2.44. The molecule has 0 aromatic heterocycles. The number of carbonyl (C=O) groups is 1. The van der Waals surface area contributed by atoms with Crippen LogP contribution in [0.4, 0.5) is 4.79 Å². The molecule has 0 spiro atoms. The molecule has 0 radical (unpaired) electrons. The van der Waals surface area contributed by atoms with Gasteiger partial charge in [0.2, 0.25) is 0 Å². The summed E-state index contributed by atoms with van der Waals surface area (Å²) in [6.45, 7) is 7.62. The second-order valence-corrected chi connectivity index (χ2v) is 4.61. The van der Waals surface area contributed by atoms with Crippen LogP contribution in [0.15, 0.2) is 0 Å². The molecule has 100 valence electrons. The van der Waals surface area contributed by atoms with E-state index in [0.29, 0.717) is 6.61 Å². The number of cyclic esters (lactones) is 1. The fourth-order valence-electron chi connectivity index (χ4n) is 2.08. The number of amides is 1. The summed E-state index contributed by atoms with van der Waals surface area (Å²) in [7, 11) is 0. The minimum absolute atomic E-state index is 0.169. The van der Waals surface area contributed by atoms with Crippen molar-refractivity contribution < 1.29 is 9.53 Å². The molecule has 0 N–H and O–H groups in total. The van der Waals surface area contributed by atoms with Gasteiger partial charge in [-0.1, -0.05) is 39.5 Å². The lowest BCUT2D eigenvalue weighted by molar-refractivity contribution is 0.0202. The maximum Gasteiger partial charge on any atom is 0.424 e. The van der Waals surface area contributed by atoms with Gasteiger partial charge in [-0.15, -0.1) is 0 Å². The molecule has 1 heterocycles. The van der Waals surface area contributed by atoms with Crippen molar-refractivity contribution in [1.82, 2.24) is 10.0 Å². The largest absolute Gasteiger partial charge is 0.447 e. The zero-order valence-corrected chi connectivity index (χ0v) is 11.3. The first-order valence-electron chi connectivity index (χ1n) is 6.98. The zero-order chi connectivity index (χ0) is 12.5. The highest BCUT2D eigenvalue weighted by Gasteiger charge is 2.27. The van der Waals surface area contributed by atoms with Gasteiger partial charge in [0.05, 0.1) is 6.54 Å². The molecule has 4 nitrogen and oxygen atoms in total. The maximum absolute atomic E-state index is 11.5. The predicted molar refractivity (Wildman–Crippen MR) is 68.7 cm³/mol. The van der Waals surface area contributed by atoms with Crippen molar-refractivity contribution in [3.63, 3.8) is 0 Å². The Morgan fingerprint density at radius 3 is 2.12 bits per heavy atom. The number of hydrogen-bond donors (Lipinski definition) is 0. The van der Waals surface area contributed by atoms with Crippen LogP contribution in [0.5, 0.6) is 0 Å². The van der Waals surface area contributed by atoms with E-state index in [1.54, 1.807) is 5.01 Å². The first-order chi connectivity index (χ1) is 8.29. The van der Waals surface area contributed by atoms with Crippen LogP contribution >= 0.6 is 0 Å². The van der Waals surface area contributed by atoms with Gasteiger partial charge in [-0.05, 0) is 12.8 Å². The third-order valence-electron chi connectivity index (χ3n) is 3.12. The van der Waals surface area contributed by atoms with E-state index in [-0.39, 0.29) is 6.09 Å². The van der Waals surface area contributed by atoms with E-state index in [0.717, 1.165) is 32.5 Å². The van der Waals surface area contributed by atoms with E-state index in [9.17, 15) is 4.79 Å². The topological polar surface area (TPSA) is 32.8 Å². The van der Waals surface area contributed by atoms with Gasteiger partial charge in [0, 0.05) is 13.1 Å². The Morgan fingerprint density at radius 1 is 1.12 bits per heavy atom. The van der Waals surface area contributed by atoms with Crippen molar-refractivity contribution in [2.45, 2.75) is 52.4 Å². The third-order valence-corrected chi connectivity index (χ3v) is 3.12. The molecule has 1 amide bonds. The highest BCUT2D eigenvalue weighted by atomic mass is 16.6. The van der Waals surface area contributed by atoms with Gasteiger partial charge in [0.25, 0.3) is 0 Å². The predicted octanol–water partition coefficient (Wildman–Crippen LogP) is 3.04. The van der Waals surface area contributed by atoms with Gasteiger partial charge in [0.15, 0.2) is 0 Å². The number of carbonyl (C=O) groups excluding carboxylic acids is 1. The molecule has 0 unspecified atom stereocenters. The SMILES string of the molecule is CCCCCN(CCCCC)N1CCOC1=O. The summed E-state index contributed by atoms with van der Waals surface area (Å²) in [4.78, 5) is 11.5. The number of ether oxygens (including phenoxy) is 1. The summed E-state index contributed by atoms with van der Waals surface area (Å²) in [5.74, 6) is 0. The highest BCUT2D eigenvalue weighted by Crippen LogP contribution is 2.11. The Bertz CT molecular complexity index is 211. The summed E-state index contributed by atoms with van der Waals surface area (Å²) >= 11 is 0. The Morgan fingerprint density at radius 2 is 1.71 bits per heavy atom. The summed E-state index contributed by atoms with van der Waals surface area (Å²) in [6, 6.07) is 0. The average Bonchev–Trinajstić information content (AvgIpc) is 2.74. The van der Waals surface area contributed by atoms with Gasteiger partial charge in [-0.3, -0.25) is 0 Å². The first kappa shape index (κ1) is 14.3. The Balaban J connectivity index is 2.36. The molecule has 1 saturated heterocycles. The van der Waals surface area contributed by atoms with E-state index >= 15 is 0 Å². The van der Waals surface area contributed by atoms with Gasteiger partial charge >= 0.3 is 6.09 Å². The standard InChI is InChI=1S/C13H26N2O2/c1-3-5-7-9-14(10-8-6-4-2)15-11-12-17-13(15)16/h3-12H2,1-2H3. The Kier molecular flexibility index (Phi) is 7.01. The van der Waals surface area contributed by atoms with Crippen LogP contribution < -0.4 is 0 Å². The number of nitrogens with zero attached hydrogens (tertiary/aromatic N) is 2. The highest BCUT2D eigenvalue weighted by molar-refractivity contribution is 5.68. The minimum atomic E-state index is -0.169. The molecule has 17 heavy (non-hydrogen) atoms. The zero-order valence-electron chi connectivity index (χ0n) is 11.3. The molecule has 1 rings (SSSR count). The average molecular weight is 242 g/mol. The van der Waals surface area contributed by atoms with Crippen LogP contribution in [0.2, 0.25) is 0 Å². The second kappa shape index (κ2) is 8.34. The van der Waals surface area contributed by atoms with Crippen LogP contribution in [-0.4, -0.2) is 42.4 Å². The van der Waals surface area contributed by atoms with Crippen molar-refractivity contribution in [2.75, 3.05) is 26.2 Å². The van der Waals surface area contributed by atoms with Crippen molar-refractivity contribution in [1.29, 1.82) is 0 Å². The molecular formula is C13H26N2O2. The van der Waals surface area contributed by atoms with Crippen molar-refractivity contribution in [2.24, 2.45) is 0 Å². The monoisotopic (exact) mass is 242 g/mol. The molecular weight excluding hydrogens is 216 g/mol. The number of hydrazine groups is 1. The molecule has 0 aliphatic carbocycles. The maximum atomic E-state index is 11.5. The summed E-state index contributed by atoms with van der Waals surface area (Å²) in [5, 5.41) is 3.96. The molecule has 4 heteroatoms. The Hall–Kier alpha value is -0.770. The summed E-state index contributed by atoms with van der Waals surface area (Å²) in [6.07, 6.45) is 7.04. The Labute approximate surface area is 105 Å². The third kappa shape index (κ3) is 4.94. The van der Waals surface area contributed by atoms with Crippen LogP contribution in [-0.2, 0) is 4.74 Å². The summed E-state index contributed by atoms with van der Waals surface area (Å²) in [5.41, 5.74) is 0. The molecule has 1 aliphatic heterocycles. The van der Waals surface area contributed by atoms with E-state index < -0.39 is 0 Å². The smallest absolute Gasteiger partial charge is 0.424 e. The molecule has 0 aromatic carbocycles. The molecule has 0 aromatic rings. The second-order valence-electron chi connectivity index (χ2n) is 4.61. The first-order valence-corrected chi connectivity index (χ1v) is 6.98. The molecule has 0 atom stereocenters. The molecule has 0 saturated carbocycles. The lowest BCUT2D eigenvalue weighted by Gasteiger charge is -2.29. The molecule has 1 aliphatic rings. The fraction of sp³-hybridized carbons (Fsp3) is 0.923. The van der Waals surface area contributed by atoms with Gasteiger partial charge in [-0.2, -0.15) is 0 Å². The molecule has 1 fully saturated rings. The van der Waals surface area contributed by atoms with Crippen LogP contribution in [0, 0.1) is 0 Å². The van der Waals surface area contributed by atoms with E-state index in [1.807, 2.05) is 0 Å². The van der Waals surface area contributed by atoms with Crippen molar-refractivity contribution >= 4 is 6.09 Å². The van der Waals surface area contributed by atoms with E-state index in [2.05, 4.69) is 18.9 Å². The summed E-state index contributed by atoms with van der Waals surface area (Å²) < 4.78 is 5.00. The fourth-order valence-corrected chi connectivity index (χ4v) is 2.08. The van der Waals surface area contributed by atoms with E-state index in [1.165, 1.54) is 25.7 Å².